The average Bonchev–Trinajstić information content (AvgIpc) is 3.45. The van der Waals surface area contributed by atoms with Crippen LogP contribution in [0.2, 0.25) is 0 Å². The Morgan fingerprint density at radius 2 is 1.76 bits per heavy atom. The van der Waals surface area contributed by atoms with Crippen LogP contribution < -0.4 is 20.7 Å². The third-order valence-electron chi connectivity index (χ3n) is 7.69. The number of ether oxygens (including phenoxy) is 2. The van der Waals surface area contributed by atoms with Crippen LogP contribution >= 0.6 is 11.3 Å². The maximum absolute atomic E-state index is 13.7. The van der Waals surface area contributed by atoms with Gasteiger partial charge in [0.05, 0.1) is 34.0 Å². The van der Waals surface area contributed by atoms with E-state index in [1.54, 1.807) is 39.1 Å². The van der Waals surface area contributed by atoms with Crippen molar-refractivity contribution in [3.63, 3.8) is 0 Å². The summed E-state index contributed by atoms with van der Waals surface area (Å²) in [6, 6.07) is 13.8. The molecule has 3 aromatic rings. The molecule has 2 fully saturated rings. The fourth-order valence-electron chi connectivity index (χ4n) is 5.39. The van der Waals surface area contributed by atoms with Crippen molar-refractivity contribution in [2.24, 2.45) is 0 Å². The molecule has 11 nitrogen and oxygen atoms in total. The molecule has 0 radical (unpaired) electrons. The SMILES string of the molecule is C[C@H](NC(=O)Nc1ccc(-c2cnc([C@H]3CC[C@H](NC(=O)OC4COC4)CC3)s2)c(S(=O)(=O)NC(C)(C)C)c1)c1ccccc1. The molecule has 242 valence electrons. The Balaban J connectivity index is 1.29. The summed E-state index contributed by atoms with van der Waals surface area (Å²) in [6.07, 6.45) is 4.46. The molecular formula is C32H41N5O6S2. The minimum Gasteiger partial charge on any atom is -0.441 e. The van der Waals surface area contributed by atoms with E-state index in [1.165, 1.54) is 17.4 Å². The van der Waals surface area contributed by atoms with Gasteiger partial charge in [-0.15, -0.1) is 11.3 Å². The van der Waals surface area contributed by atoms with Gasteiger partial charge in [0.15, 0.2) is 6.10 Å². The third-order valence-corrected chi connectivity index (χ3v) is 10.7. The minimum atomic E-state index is -3.96. The third kappa shape index (κ3) is 8.81. The second-order valence-electron chi connectivity index (χ2n) is 12.6. The Bertz CT molecular complexity index is 1590. The number of anilines is 1. The van der Waals surface area contributed by atoms with Crippen molar-refractivity contribution >= 4 is 39.2 Å². The number of rotatable bonds is 9. The van der Waals surface area contributed by atoms with E-state index in [4.69, 9.17) is 9.47 Å². The molecule has 0 bridgehead atoms. The second kappa shape index (κ2) is 13.9. The molecule has 0 spiro atoms. The van der Waals surface area contributed by atoms with Gasteiger partial charge in [0.2, 0.25) is 10.0 Å². The Kier molecular flexibility index (Phi) is 10.1. The molecule has 2 heterocycles. The van der Waals surface area contributed by atoms with E-state index in [9.17, 15) is 18.0 Å². The number of carbonyl (C=O) groups is 2. The highest BCUT2D eigenvalue weighted by Crippen LogP contribution is 2.40. The molecule has 13 heteroatoms. The summed E-state index contributed by atoms with van der Waals surface area (Å²) in [4.78, 5) is 30.4. The van der Waals surface area contributed by atoms with Crippen molar-refractivity contribution in [2.75, 3.05) is 18.5 Å². The van der Waals surface area contributed by atoms with Crippen LogP contribution in [0.5, 0.6) is 0 Å². The lowest BCUT2D eigenvalue weighted by molar-refractivity contribution is -0.0985. The Morgan fingerprint density at radius 3 is 2.40 bits per heavy atom. The van der Waals surface area contributed by atoms with Gasteiger partial charge in [-0.05, 0) is 71.1 Å². The summed E-state index contributed by atoms with van der Waals surface area (Å²) in [5.41, 5.74) is 1.10. The number of nitrogens with one attached hydrogen (secondary N) is 4. The second-order valence-corrected chi connectivity index (χ2v) is 15.3. The normalized spacial score (nSPS) is 19.6. The maximum Gasteiger partial charge on any atom is 0.407 e. The number of urea groups is 1. The Labute approximate surface area is 268 Å². The zero-order chi connectivity index (χ0) is 32.2. The summed E-state index contributed by atoms with van der Waals surface area (Å²) in [6.45, 7) is 8.12. The summed E-state index contributed by atoms with van der Waals surface area (Å²) in [7, 11) is -3.96. The summed E-state index contributed by atoms with van der Waals surface area (Å²) < 4.78 is 40.4. The Hall–Kier alpha value is -3.52. The fourth-order valence-corrected chi connectivity index (χ4v) is 8.25. The first-order chi connectivity index (χ1) is 21.4. The van der Waals surface area contributed by atoms with E-state index in [0.717, 1.165) is 41.1 Å². The topological polar surface area (TPSA) is 148 Å². The molecule has 0 unspecified atom stereocenters. The van der Waals surface area contributed by atoms with Crippen molar-refractivity contribution in [3.8, 4) is 10.4 Å². The van der Waals surface area contributed by atoms with Crippen LogP contribution in [-0.2, 0) is 19.5 Å². The number of hydrogen-bond donors (Lipinski definition) is 4. The molecule has 1 aromatic heterocycles. The zero-order valence-corrected chi connectivity index (χ0v) is 27.6. The Morgan fingerprint density at radius 1 is 1.04 bits per heavy atom. The van der Waals surface area contributed by atoms with E-state index in [-0.39, 0.29) is 29.0 Å². The van der Waals surface area contributed by atoms with Gasteiger partial charge in [0.25, 0.3) is 0 Å². The largest absolute Gasteiger partial charge is 0.441 e. The van der Waals surface area contributed by atoms with Gasteiger partial charge in [-0.25, -0.2) is 27.7 Å². The molecule has 1 atom stereocenters. The van der Waals surface area contributed by atoms with Crippen LogP contribution in [0.3, 0.4) is 0 Å². The molecule has 2 aromatic carbocycles. The van der Waals surface area contributed by atoms with E-state index in [0.29, 0.717) is 24.5 Å². The van der Waals surface area contributed by atoms with E-state index in [1.807, 2.05) is 37.3 Å². The van der Waals surface area contributed by atoms with Crippen LogP contribution in [-0.4, -0.2) is 56.4 Å². The van der Waals surface area contributed by atoms with Crippen molar-refractivity contribution in [3.05, 3.63) is 65.3 Å². The number of aromatic nitrogens is 1. The summed E-state index contributed by atoms with van der Waals surface area (Å²) in [5.74, 6) is 0.210. The van der Waals surface area contributed by atoms with Crippen LogP contribution in [0, 0.1) is 0 Å². The van der Waals surface area contributed by atoms with Gasteiger partial charge in [-0.3, -0.25) is 0 Å². The molecule has 5 rings (SSSR count). The highest BCUT2D eigenvalue weighted by Gasteiger charge is 2.30. The number of carbonyl (C=O) groups excluding carboxylic acids is 2. The number of benzene rings is 2. The summed E-state index contributed by atoms with van der Waals surface area (Å²) in [5, 5.41) is 9.57. The smallest absolute Gasteiger partial charge is 0.407 e. The number of hydrogen-bond acceptors (Lipinski definition) is 8. The average molecular weight is 656 g/mol. The number of alkyl carbamates (subject to hydrolysis) is 1. The first-order valence-corrected chi connectivity index (χ1v) is 17.5. The van der Waals surface area contributed by atoms with Gasteiger partial charge in [0.1, 0.15) is 0 Å². The van der Waals surface area contributed by atoms with E-state index in [2.05, 4.69) is 25.7 Å². The predicted molar refractivity (Wildman–Crippen MR) is 174 cm³/mol. The van der Waals surface area contributed by atoms with Gasteiger partial charge in [-0.1, -0.05) is 36.4 Å². The van der Waals surface area contributed by atoms with E-state index < -0.39 is 27.7 Å². The first-order valence-electron chi connectivity index (χ1n) is 15.2. The number of nitrogens with zero attached hydrogens (tertiary/aromatic N) is 1. The van der Waals surface area contributed by atoms with Crippen LogP contribution in [0.25, 0.3) is 10.4 Å². The van der Waals surface area contributed by atoms with Crippen molar-refractivity contribution in [2.45, 2.75) is 87.9 Å². The predicted octanol–water partition coefficient (Wildman–Crippen LogP) is 5.92. The van der Waals surface area contributed by atoms with Crippen molar-refractivity contribution in [1.29, 1.82) is 0 Å². The van der Waals surface area contributed by atoms with Crippen molar-refractivity contribution < 1.29 is 27.5 Å². The monoisotopic (exact) mass is 655 g/mol. The molecule has 4 N–H and O–H groups in total. The number of thiazole rings is 1. The van der Waals surface area contributed by atoms with Crippen LogP contribution in [0.1, 0.15) is 75.9 Å². The molecule has 1 saturated carbocycles. The number of amides is 3. The van der Waals surface area contributed by atoms with Gasteiger partial charge < -0.3 is 25.4 Å². The lowest BCUT2D eigenvalue weighted by atomic mass is 9.86. The molecule has 3 amide bonds. The standard InChI is InChI=1S/C32H41N5O6S2/c1-20(21-8-6-5-7-9-21)34-30(38)35-24-14-15-26(28(16-24)45(40,41)37-32(2,3)4)27-17-33-29(44-27)22-10-12-23(13-11-22)36-31(39)43-25-18-42-19-25/h5-9,14-17,20,22-23,25,37H,10-13,18-19H2,1-4H3,(H,36,39)(H2,34,35,38)/t20-,22-,23-/m0/s1. The molecular weight excluding hydrogens is 615 g/mol. The van der Waals surface area contributed by atoms with Crippen LogP contribution in [0.15, 0.2) is 59.6 Å². The highest BCUT2D eigenvalue weighted by molar-refractivity contribution is 7.89. The number of sulfonamides is 1. The first kappa shape index (κ1) is 32.9. The molecule has 1 saturated heterocycles. The zero-order valence-electron chi connectivity index (χ0n) is 26.0. The van der Waals surface area contributed by atoms with E-state index >= 15 is 0 Å². The maximum atomic E-state index is 13.7. The lowest BCUT2D eigenvalue weighted by Crippen LogP contribution is -2.44. The quantitative estimate of drug-likeness (QED) is 0.224. The van der Waals surface area contributed by atoms with Crippen LogP contribution in [0.4, 0.5) is 15.3 Å². The molecule has 1 aliphatic carbocycles. The minimum absolute atomic E-state index is 0.0438. The molecule has 1 aliphatic heterocycles. The lowest BCUT2D eigenvalue weighted by Gasteiger charge is -2.30. The fraction of sp³-hybridized carbons (Fsp3) is 0.469. The highest BCUT2D eigenvalue weighted by atomic mass is 32.2. The van der Waals surface area contributed by atoms with Gasteiger partial charge >= 0.3 is 12.1 Å². The van der Waals surface area contributed by atoms with Crippen molar-refractivity contribution in [1.82, 2.24) is 20.3 Å². The van der Waals surface area contributed by atoms with Gasteiger partial charge in [-0.2, -0.15) is 0 Å². The molecule has 2 aliphatic rings. The summed E-state index contributed by atoms with van der Waals surface area (Å²) >= 11 is 1.47. The van der Waals surface area contributed by atoms with Gasteiger partial charge in [0, 0.05) is 34.9 Å². The molecule has 45 heavy (non-hydrogen) atoms.